The van der Waals surface area contributed by atoms with E-state index in [1.54, 1.807) is 31.3 Å². The monoisotopic (exact) mass is 330 g/mol. The molecule has 0 saturated carbocycles. The smallest absolute Gasteiger partial charge is 0.222 e. The van der Waals surface area contributed by atoms with Crippen molar-refractivity contribution in [3.8, 4) is 0 Å². The number of hydrogen-bond acceptors (Lipinski definition) is 3. The molecule has 2 rings (SSSR count). The zero-order valence-electron chi connectivity index (χ0n) is 11.9. The van der Waals surface area contributed by atoms with Crippen molar-refractivity contribution in [1.82, 2.24) is 9.62 Å². The minimum Gasteiger partial charge on any atom is -0.359 e. The molecule has 21 heavy (non-hydrogen) atoms. The van der Waals surface area contributed by atoms with Gasteiger partial charge in [-0.15, -0.1) is 0 Å². The number of carbonyl (C=O) groups excluding carboxylic acids is 1. The lowest BCUT2D eigenvalue weighted by Gasteiger charge is -2.30. The van der Waals surface area contributed by atoms with Crippen molar-refractivity contribution in [1.29, 1.82) is 0 Å². The van der Waals surface area contributed by atoms with Crippen LogP contribution in [0, 0.1) is 5.92 Å². The molecule has 1 aromatic carbocycles. The van der Waals surface area contributed by atoms with Gasteiger partial charge in [0.2, 0.25) is 15.9 Å². The predicted octanol–water partition coefficient (Wildman–Crippen LogP) is 1.63. The molecular formula is C14H19ClN2O3S. The van der Waals surface area contributed by atoms with Crippen molar-refractivity contribution >= 4 is 27.5 Å². The number of rotatable bonds is 4. The second-order valence-electron chi connectivity index (χ2n) is 5.17. The molecule has 0 aromatic heterocycles. The Balaban J connectivity index is 1.98. The highest BCUT2D eigenvalue weighted by Crippen LogP contribution is 2.22. The molecule has 1 aliphatic rings. The number of sulfonamides is 1. The fourth-order valence-corrected chi connectivity index (χ4v) is 4.17. The van der Waals surface area contributed by atoms with Crippen molar-refractivity contribution in [2.75, 3.05) is 20.1 Å². The Morgan fingerprint density at radius 3 is 2.38 bits per heavy atom. The minimum atomic E-state index is -3.35. The fraction of sp³-hybridized carbons (Fsp3) is 0.500. The number of nitrogens with one attached hydrogen (secondary N) is 1. The van der Waals surface area contributed by atoms with E-state index in [-0.39, 0.29) is 17.6 Å². The van der Waals surface area contributed by atoms with E-state index in [0.29, 0.717) is 36.5 Å². The standard InChI is InChI=1S/C14H19ClN2O3S/c1-16-14(18)12-6-8-17(9-7-12)21(19,20)10-11-2-4-13(15)5-3-11/h2-5,12H,6-10H2,1H3,(H,16,18). The second-order valence-corrected chi connectivity index (χ2v) is 7.58. The lowest BCUT2D eigenvalue weighted by molar-refractivity contribution is -0.125. The van der Waals surface area contributed by atoms with Crippen LogP contribution in [0.4, 0.5) is 0 Å². The largest absolute Gasteiger partial charge is 0.359 e. The molecule has 0 spiro atoms. The molecular weight excluding hydrogens is 312 g/mol. The first-order chi connectivity index (χ1) is 9.92. The van der Waals surface area contributed by atoms with Gasteiger partial charge in [-0.3, -0.25) is 4.79 Å². The quantitative estimate of drug-likeness (QED) is 0.912. The van der Waals surface area contributed by atoms with Crippen LogP contribution < -0.4 is 5.32 Å². The van der Waals surface area contributed by atoms with Gasteiger partial charge in [-0.05, 0) is 30.5 Å². The highest BCUT2D eigenvalue weighted by Gasteiger charge is 2.30. The van der Waals surface area contributed by atoms with Crippen LogP contribution in [0.25, 0.3) is 0 Å². The highest BCUT2D eigenvalue weighted by molar-refractivity contribution is 7.88. The Kier molecular flexibility index (Phi) is 5.24. The van der Waals surface area contributed by atoms with Crippen LogP contribution in [0.3, 0.4) is 0 Å². The number of nitrogens with zero attached hydrogens (tertiary/aromatic N) is 1. The van der Waals surface area contributed by atoms with Crippen molar-refractivity contribution in [2.24, 2.45) is 5.92 Å². The molecule has 1 saturated heterocycles. The molecule has 1 fully saturated rings. The summed E-state index contributed by atoms with van der Waals surface area (Å²) >= 11 is 5.79. The van der Waals surface area contributed by atoms with Gasteiger partial charge in [0.15, 0.2) is 0 Å². The van der Waals surface area contributed by atoms with E-state index in [9.17, 15) is 13.2 Å². The van der Waals surface area contributed by atoms with E-state index in [4.69, 9.17) is 11.6 Å². The van der Waals surface area contributed by atoms with Gasteiger partial charge in [0.05, 0.1) is 5.75 Å². The number of benzene rings is 1. The van der Waals surface area contributed by atoms with Crippen molar-refractivity contribution in [2.45, 2.75) is 18.6 Å². The molecule has 7 heteroatoms. The van der Waals surface area contributed by atoms with Crippen molar-refractivity contribution < 1.29 is 13.2 Å². The SMILES string of the molecule is CNC(=O)C1CCN(S(=O)(=O)Cc2ccc(Cl)cc2)CC1. The number of hydrogen-bond donors (Lipinski definition) is 1. The molecule has 1 aromatic rings. The van der Waals surface area contributed by atoms with Crippen LogP contribution in [-0.4, -0.2) is 38.8 Å². The molecule has 1 aliphatic heterocycles. The van der Waals surface area contributed by atoms with E-state index in [1.807, 2.05) is 0 Å². The average molecular weight is 331 g/mol. The van der Waals surface area contributed by atoms with E-state index in [1.165, 1.54) is 4.31 Å². The van der Waals surface area contributed by atoms with Gasteiger partial charge in [-0.1, -0.05) is 23.7 Å². The third kappa shape index (κ3) is 4.18. The molecule has 0 unspecified atom stereocenters. The van der Waals surface area contributed by atoms with Gasteiger partial charge in [-0.25, -0.2) is 12.7 Å². The molecule has 1 N–H and O–H groups in total. The van der Waals surface area contributed by atoms with Crippen LogP contribution in [0.15, 0.2) is 24.3 Å². The van der Waals surface area contributed by atoms with Gasteiger partial charge in [0.1, 0.15) is 0 Å². The van der Waals surface area contributed by atoms with Crippen molar-refractivity contribution in [3.63, 3.8) is 0 Å². The maximum Gasteiger partial charge on any atom is 0.222 e. The number of halogens is 1. The summed E-state index contributed by atoms with van der Waals surface area (Å²) in [6.45, 7) is 0.794. The van der Waals surface area contributed by atoms with E-state index in [0.717, 1.165) is 0 Å². The Labute approximate surface area is 130 Å². The molecule has 0 radical (unpaired) electrons. The average Bonchev–Trinajstić information content (AvgIpc) is 2.49. The minimum absolute atomic E-state index is 0.00949. The maximum atomic E-state index is 12.4. The lowest BCUT2D eigenvalue weighted by Crippen LogP contribution is -2.42. The van der Waals surface area contributed by atoms with Gasteiger partial charge >= 0.3 is 0 Å². The van der Waals surface area contributed by atoms with Crippen LogP contribution in [-0.2, 0) is 20.6 Å². The normalized spacial score (nSPS) is 17.6. The summed E-state index contributed by atoms with van der Waals surface area (Å²) in [5.74, 6) is -0.129. The Bertz CT molecular complexity index is 593. The summed E-state index contributed by atoms with van der Waals surface area (Å²) in [5, 5.41) is 3.20. The van der Waals surface area contributed by atoms with Crippen molar-refractivity contribution in [3.05, 3.63) is 34.9 Å². The highest BCUT2D eigenvalue weighted by atomic mass is 35.5. The summed E-state index contributed by atoms with van der Waals surface area (Å²) in [6.07, 6.45) is 1.14. The molecule has 0 bridgehead atoms. The lowest BCUT2D eigenvalue weighted by atomic mass is 9.97. The summed E-state index contributed by atoms with van der Waals surface area (Å²) in [7, 11) is -1.74. The van der Waals surface area contributed by atoms with Gasteiger partial charge in [-0.2, -0.15) is 0 Å². The topological polar surface area (TPSA) is 66.5 Å². The molecule has 5 nitrogen and oxygen atoms in total. The molecule has 0 atom stereocenters. The maximum absolute atomic E-state index is 12.4. The predicted molar refractivity (Wildman–Crippen MR) is 82.4 cm³/mol. The molecule has 1 amide bonds. The zero-order chi connectivity index (χ0) is 15.5. The zero-order valence-corrected chi connectivity index (χ0v) is 13.5. The Morgan fingerprint density at radius 1 is 1.29 bits per heavy atom. The molecule has 116 valence electrons. The van der Waals surface area contributed by atoms with Crippen LogP contribution >= 0.6 is 11.6 Å². The molecule has 0 aliphatic carbocycles. The van der Waals surface area contributed by atoms with Gasteiger partial charge < -0.3 is 5.32 Å². The Morgan fingerprint density at radius 2 is 1.86 bits per heavy atom. The van der Waals surface area contributed by atoms with Gasteiger partial charge in [0, 0.05) is 31.1 Å². The fourth-order valence-electron chi connectivity index (χ4n) is 2.48. The van der Waals surface area contributed by atoms with E-state index >= 15 is 0 Å². The first-order valence-corrected chi connectivity index (χ1v) is 8.85. The second kappa shape index (κ2) is 6.77. The number of amides is 1. The summed E-state index contributed by atoms with van der Waals surface area (Å²) < 4.78 is 26.2. The summed E-state index contributed by atoms with van der Waals surface area (Å²) in [5.41, 5.74) is 0.716. The van der Waals surface area contributed by atoms with Crippen LogP contribution in [0.2, 0.25) is 5.02 Å². The third-order valence-electron chi connectivity index (χ3n) is 3.73. The first-order valence-electron chi connectivity index (χ1n) is 6.86. The first kappa shape index (κ1) is 16.3. The van der Waals surface area contributed by atoms with E-state index < -0.39 is 10.0 Å². The Hall–Kier alpha value is -1.11. The van der Waals surface area contributed by atoms with E-state index in [2.05, 4.69) is 5.32 Å². The third-order valence-corrected chi connectivity index (χ3v) is 5.83. The van der Waals surface area contributed by atoms with Crippen LogP contribution in [0.5, 0.6) is 0 Å². The molecule has 1 heterocycles. The van der Waals surface area contributed by atoms with Gasteiger partial charge in [0.25, 0.3) is 0 Å². The summed E-state index contributed by atoms with van der Waals surface area (Å²) in [6, 6.07) is 6.81. The number of carbonyl (C=O) groups is 1. The summed E-state index contributed by atoms with van der Waals surface area (Å²) in [4.78, 5) is 11.6. The van der Waals surface area contributed by atoms with Crippen LogP contribution in [0.1, 0.15) is 18.4 Å². The number of piperidine rings is 1.